The predicted molar refractivity (Wildman–Crippen MR) is 119 cm³/mol. The molecular weight excluding hydrogens is 398 g/mol. The first-order chi connectivity index (χ1) is 14.2. The fourth-order valence-electron chi connectivity index (χ4n) is 3.52. The van der Waals surface area contributed by atoms with Crippen molar-refractivity contribution in [3.63, 3.8) is 0 Å². The van der Waals surface area contributed by atoms with Gasteiger partial charge in [-0.2, -0.15) is 0 Å². The van der Waals surface area contributed by atoms with Gasteiger partial charge in [-0.1, -0.05) is 41.5 Å². The predicted octanol–water partition coefficient (Wildman–Crippen LogP) is 1.96. The minimum absolute atomic E-state index is 0.139. The summed E-state index contributed by atoms with van der Waals surface area (Å²) in [5.41, 5.74) is -0.836. The molecule has 0 saturated carbocycles. The SMILES string of the molecule is CC(=O)N[C@@H](CC(C)C)C(=O)N[C@@H](CC(C)C)C(=O)N[C@@H](CC(C)C)C(=O)[C@@]1(C)CO1. The van der Waals surface area contributed by atoms with Crippen LogP contribution in [0.5, 0.6) is 0 Å². The quantitative estimate of drug-likeness (QED) is 0.379. The third kappa shape index (κ3) is 9.37. The molecular formula is C23H41N3O5. The number of rotatable bonds is 13. The molecule has 8 nitrogen and oxygen atoms in total. The van der Waals surface area contributed by atoms with Crippen molar-refractivity contribution in [1.29, 1.82) is 0 Å². The van der Waals surface area contributed by atoms with Gasteiger partial charge in [-0.25, -0.2) is 0 Å². The fourth-order valence-corrected chi connectivity index (χ4v) is 3.52. The standard InChI is InChI=1S/C23H41N3O5/c1-13(2)9-17(20(28)23(8)12-31-23)25-22(30)19(11-15(5)6)26-21(29)18(10-14(3)4)24-16(7)27/h13-15,17-19H,9-12H2,1-8H3,(H,24,27)(H,25,30)(H,26,29)/t17-,18-,19-,23+/m0/s1. The smallest absolute Gasteiger partial charge is 0.243 e. The van der Waals surface area contributed by atoms with E-state index in [9.17, 15) is 19.2 Å². The maximum atomic E-state index is 13.1. The van der Waals surface area contributed by atoms with Crippen LogP contribution < -0.4 is 16.0 Å². The van der Waals surface area contributed by atoms with E-state index in [-0.39, 0.29) is 29.4 Å². The number of hydrogen-bond donors (Lipinski definition) is 3. The van der Waals surface area contributed by atoms with Crippen LogP contribution in [-0.2, 0) is 23.9 Å². The van der Waals surface area contributed by atoms with Gasteiger partial charge < -0.3 is 20.7 Å². The lowest BCUT2D eigenvalue weighted by Gasteiger charge is -2.27. The van der Waals surface area contributed by atoms with Crippen molar-refractivity contribution in [1.82, 2.24) is 16.0 Å². The second kappa shape index (κ2) is 11.6. The summed E-state index contributed by atoms with van der Waals surface area (Å²) in [6.45, 7) is 15.3. The molecule has 0 aromatic heterocycles. The van der Waals surface area contributed by atoms with Crippen molar-refractivity contribution in [2.45, 2.75) is 98.4 Å². The highest BCUT2D eigenvalue weighted by Crippen LogP contribution is 2.29. The first-order valence-electron chi connectivity index (χ1n) is 11.3. The Hall–Kier alpha value is -1.96. The summed E-state index contributed by atoms with van der Waals surface area (Å²) in [7, 11) is 0. The molecule has 0 unspecified atom stereocenters. The monoisotopic (exact) mass is 439 g/mol. The third-order valence-corrected chi connectivity index (χ3v) is 5.18. The van der Waals surface area contributed by atoms with E-state index in [0.29, 0.717) is 25.9 Å². The van der Waals surface area contributed by atoms with Gasteiger partial charge in [0.1, 0.15) is 17.7 Å². The fraction of sp³-hybridized carbons (Fsp3) is 0.826. The van der Waals surface area contributed by atoms with Gasteiger partial charge in [0.25, 0.3) is 0 Å². The van der Waals surface area contributed by atoms with E-state index in [4.69, 9.17) is 4.74 Å². The Kier molecular flexibility index (Phi) is 10.1. The molecule has 0 aromatic carbocycles. The van der Waals surface area contributed by atoms with Crippen molar-refractivity contribution in [2.75, 3.05) is 6.61 Å². The Bertz CT molecular complexity index is 656. The van der Waals surface area contributed by atoms with Gasteiger partial charge in [0, 0.05) is 6.92 Å². The van der Waals surface area contributed by atoms with E-state index < -0.39 is 35.5 Å². The molecule has 0 aliphatic carbocycles. The molecule has 0 spiro atoms. The van der Waals surface area contributed by atoms with Crippen LogP contribution in [0.25, 0.3) is 0 Å². The van der Waals surface area contributed by atoms with Crippen molar-refractivity contribution in [2.24, 2.45) is 17.8 Å². The molecule has 4 atom stereocenters. The molecule has 178 valence electrons. The van der Waals surface area contributed by atoms with E-state index in [1.165, 1.54) is 6.92 Å². The highest BCUT2D eigenvalue weighted by molar-refractivity contribution is 5.98. The minimum Gasteiger partial charge on any atom is -0.361 e. The van der Waals surface area contributed by atoms with Crippen molar-refractivity contribution >= 4 is 23.5 Å². The number of Topliss-reactive ketones (excluding diaryl/α,β-unsaturated/α-hetero) is 1. The summed E-state index contributed by atoms with van der Waals surface area (Å²) in [4.78, 5) is 50.4. The molecule has 0 aromatic rings. The summed E-state index contributed by atoms with van der Waals surface area (Å²) in [5.74, 6) is -0.697. The van der Waals surface area contributed by atoms with Crippen LogP contribution in [0.1, 0.15) is 74.7 Å². The highest BCUT2D eigenvalue weighted by atomic mass is 16.6. The number of carbonyl (C=O) groups excluding carboxylic acids is 4. The lowest BCUT2D eigenvalue weighted by molar-refractivity contribution is -0.134. The number of ketones is 1. The van der Waals surface area contributed by atoms with Gasteiger partial charge in [0.05, 0.1) is 12.6 Å². The third-order valence-electron chi connectivity index (χ3n) is 5.18. The lowest BCUT2D eigenvalue weighted by Crippen LogP contribution is -2.57. The Morgan fingerprint density at radius 3 is 1.45 bits per heavy atom. The Labute approximate surface area is 186 Å². The van der Waals surface area contributed by atoms with Crippen molar-refractivity contribution < 1.29 is 23.9 Å². The molecule has 0 bridgehead atoms. The molecule has 1 aliphatic heterocycles. The molecule has 8 heteroatoms. The molecule has 31 heavy (non-hydrogen) atoms. The minimum atomic E-state index is -0.836. The molecule has 1 heterocycles. The topological polar surface area (TPSA) is 117 Å². The van der Waals surface area contributed by atoms with Crippen LogP contribution in [0, 0.1) is 17.8 Å². The summed E-state index contributed by atoms with van der Waals surface area (Å²) in [5, 5.41) is 8.33. The zero-order chi connectivity index (χ0) is 23.9. The highest BCUT2D eigenvalue weighted by Gasteiger charge is 2.50. The largest absolute Gasteiger partial charge is 0.361 e. The van der Waals surface area contributed by atoms with Gasteiger partial charge in [-0.05, 0) is 43.9 Å². The Balaban J connectivity index is 2.96. The number of epoxide rings is 1. The van der Waals surface area contributed by atoms with Crippen LogP contribution in [0.15, 0.2) is 0 Å². The number of carbonyl (C=O) groups is 4. The molecule has 1 saturated heterocycles. The second-order valence-corrected chi connectivity index (χ2v) is 10.1. The number of nitrogens with one attached hydrogen (secondary N) is 3. The number of ether oxygens (including phenoxy) is 1. The number of hydrogen-bond acceptors (Lipinski definition) is 5. The average molecular weight is 440 g/mol. The average Bonchev–Trinajstić information content (AvgIpc) is 3.36. The van der Waals surface area contributed by atoms with Crippen LogP contribution in [0.2, 0.25) is 0 Å². The van der Waals surface area contributed by atoms with Crippen LogP contribution in [-0.4, -0.2) is 53.8 Å². The Morgan fingerprint density at radius 1 is 0.742 bits per heavy atom. The van der Waals surface area contributed by atoms with Crippen LogP contribution in [0.3, 0.4) is 0 Å². The van der Waals surface area contributed by atoms with Gasteiger partial charge in [0.2, 0.25) is 17.7 Å². The first-order valence-corrected chi connectivity index (χ1v) is 11.3. The molecule has 3 amide bonds. The maximum Gasteiger partial charge on any atom is 0.243 e. The Morgan fingerprint density at radius 2 is 1.10 bits per heavy atom. The maximum absolute atomic E-state index is 13.1. The number of amides is 3. The van der Waals surface area contributed by atoms with Gasteiger partial charge in [-0.15, -0.1) is 0 Å². The zero-order valence-corrected chi connectivity index (χ0v) is 20.3. The zero-order valence-electron chi connectivity index (χ0n) is 20.3. The van der Waals surface area contributed by atoms with Crippen LogP contribution in [0.4, 0.5) is 0 Å². The molecule has 3 N–H and O–H groups in total. The molecule has 1 rings (SSSR count). The van der Waals surface area contributed by atoms with Crippen LogP contribution >= 0.6 is 0 Å². The summed E-state index contributed by atoms with van der Waals surface area (Å²) >= 11 is 0. The molecule has 1 aliphatic rings. The summed E-state index contributed by atoms with van der Waals surface area (Å²) < 4.78 is 5.29. The van der Waals surface area contributed by atoms with E-state index in [0.717, 1.165) is 0 Å². The van der Waals surface area contributed by atoms with Gasteiger partial charge >= 0.3 is 0 Å². The van der Waals surface area contributed by atoms with E-state index in [1.54, 1.807) is 6.92 Å². The van der Waals surface area contributed by atoms with Crippen molar-refractivity contribution in [3.8, 4) is 0 Å². The normalized spacial score (nSPS) is 20.9. The molecule has 1 fully saturated rings. The summed E-state index contributed by atoms with van der Waals surface area (Å²) in [6.07, 6.45) is 1.38. The van der Waals surface area contributed by atoms with Crippen molar-refractivity contribution in [3.05, 3.63) is 0 Å². The lowest BCUT2D eigenvalue weighted by atomic mass is 9.92. The van der Waals surface area contributed by atoms with Gasteiger partial charge in [-0.3, -0.25) is 19.2 Å². The molecule has 0 radical (unpaired) electrons. The van der Waals surface area contributed by atoms with Gasteiger partial charge in [0.15, 0.2) is 5.78 Å². The second-order valence-electron chi connectivity index (χ2n) is 10.1. The van der Waals surface area contributed by atoms with E-state index >= 15 is 0 Å². The summed E-state index contributed by atoms with van der Waals surface area (Å²) in [6, 6.07) is -2.19. The van der Waals surface area contributed by atoms with E-state index in [2.05, 4.69) is 16.0 Å². The first kappa shape index (κ1) is 27.1. The van der Waals surface area contributed by atoms with E-state index in [1.807, 2.05) is 41.5 Å².